The van der Waals surface area contributed by atoms with Gasteiger partial charge in [-0.2, -0.15) is 0 Å². The van der Waals surface area contributed by atoms with Crippen molar-refractivity contribution >= 4 is 5.84 Å². The van der Waals surface area contributed by atoms with E-state index >= 15 is 0 Å². The van der Waals surface area contributed by atoms with E-state index in [1.165, 1.54) is 12.1 Å². The van der Waals surface area contributed by atoms with E-state index < -0.39 is 5.82 Å². The third kappa shape index (κ3) is 2.88. The van der Waals surface area contributed by atoms with Crippen LogP contribution in [-0.4, -0.2) is 11.0 Å². The van der Waals surface area contributed by atoms with E-state index in [9.17, 15) is 4.39 Å². The van der Waals surface area contributed by atoms with E-state index in [1.807, 2.05) is 32.0 Å². The van der Waals surface area contributed by atoms with Gasteiger partial charge in [0, 0.05) is 0 Å². The Kier molecular flexibility index (Phi) is 3.89. The molecule has 0 fully saturated rings. The molecular formula is C15H15FN2O2. The minimum absolute atomic E-state index is 0.201. The van der Waals surface area contributed by atoms with Crippen LogP contribution in [0.15, 0.2) is 41.6 Å². The average Bonchev–Trinajstić information content (AvgIpc) is 2.42. The van der Waals surface area contributed by atoms with Crippen LogP contribution >= 0.6 is 0 Å². The number of hydrogen-bond donors (Lipinski definition) is 2. The largest absolute Gasteiger partial charge is 0.456 e. The Morgan fingerprint density at radius 1 is 1.15 bits per heavy atom. The summed E-state index contributed by atoms with van der Waals surface area (Å²) in [6.07, 6.45) is 0. The van der Waals surface area contributed by atoms with Crippen molar-refractivity contribution in [1.29, 1.82) is 0 Å². The molecule has 104 valence electrons. The second-order valence-corrected chi connectivity index (χ2v) is 4.50. The van der Waals surface area contributed by atoms with Crippen molar-refractivity contribution in [2.24, 2.45) is 10.9 Å². The van der Waals surface area contributed by atoms with Gasteiger partial charge in [0.25, 0.3) is 0 Å². The molecule has 5 heteroatoms. The number of aryl methyl sites for hydroxylation is 2. The number of benzene rings is 2. The lowest BCUT2D eigenvalue weighted by atomic mass is 10.1. The molecule has 0 amide bonds. The van der Waals surface area contributed by atoms with E-state index in [0.29, 0.717) is 11.5 Å². The maximum Gasteiger partial charge on any atom is 0.173 e. The molecule has 0 aliphatic heterocycles. The first kappa shape index (κ1) is 13.9. The van der Waals surface area contributed by atoms with Gasteiger partial charge in [-0.05, 0) is 43.7 Å². The molecule has 0 saturated heterocycles. The molecule has 0 aromatic heterocycles. The van der Waals surface area contributed by atoms with Crippen LogP contribution in [0.4, 0.5) is 4.39 Å². The predicted octanol–water partition coefficient (Wildman–Crippen LogP) is 3.33. The fourth-order valence-corrected chi connectivity index (χ4v) is 1.88. The fourth-order valence-electron chi connectivity index (χ4n) is 1.88. The van der Waals surface area contributed by atoms with Crippen LogP contribution in [0.5, 0.6) is 11.5 Å². The number of rotatable bonds is 3. The van der Waals surface area contributed by atoms with Crippen molar-refractivity contribution in [3.63, 3.8) is 0 Å². The van der Waals surface area contributed by atoms with Crippen molar-refractivity contribution < 1.29 is 14.3 Å². The van der Waals surface area contributed by atoms with Gasteiger partial charge in [-0.3, -0.25) is 0 Å². The number of nitrogens with two attached hydrogens (primary N) is 1. The van der Waals surface area contributed by atoms with Crippen LogP contribution < -0.4 is 10.5 Å². The zero-order chi connectivity index (χ0) is 14.7. The van der Waals surface area contributed by atoms with Gasteiger partial charge < -0.3 is 15.7 Å². The van der Waals surface area contributed by atoms with Crippen LogP contribution in [0, 0.1) is 19.7 Å². The summed E-state index contributed by atoms with van der Waals surface area (Å²) in [5.74, 6) is 0.270. The Balaban J connectivity index is 2.43. The maximum absolute atomic E-state index is 13.3. The van der Waals surface area contributed by atoms with E-state index in [1.54, 1.807) is 0 Å². The number of ether oxygens (including phenoxy) is 1. The summed E-state index contributed by atoms with van der Waals surface area (Å²) in [4.78, 5) is 0. The molecule has 0 heterocycles. The first-order chi connectivity index (χ1) is 9.51. The van der Waals surface area contributed by atoms with Gasteiger partial charge in [0.15, 0.2) is 5.84 Å². The summed E-state index contributed by atoms with van der Waals surface area (Å²) in [7, 11) is 0. The molecule has 0 atom stereocenters. The van der Waals surface area contributed by atoms with E-state index in [4.69, 9.17) is 15.7 Å². The quantitative estimate of drug-likeness (QED) is 0.390. The zero-order valence-corrected chi connectivity index (χ0v) is 11.2. The Labute approximate surface area is 116 Å². The highest BCUT2D eigenvalue weighted by molar-refractivity contribution is 5.99. The van der Waals surface area contributed by atoms with Gasteiger partial charge in [-0.25, -0.2) is 4.39 Å². The average molecular weight is 274 g/mol. The molecule has 2 aromatic rings. The highest BCUT2D eigenvalue weighted by atomic mass is 19.1. The van der Waals surface area contributed by atoms with Crippen molar-refractivity contribution in [3.05, 3.63) is 58.9 Å². The highest BCUT2D eigenvalue weighted by Gasteiger charge is 2.12. The molecule has 20 heavy (non-hydrogen) atoms. The van der Waals surface area contributed by atoms with Gasteiger partial charge in [0.2, 0.25) is 0 Å². The number of amidine groups is 1. The molecule has 2 rings (SSSR count). The third-order valence-electron chi connectivity index (χ3n) is 2.88. The molecule has 0 aliphatic carbocycles. The second-order valence-electron chi connectivity index (χ2n) is 4.50. The van der Waals surface area contributed by atoms with Crippen LogP contribution in [0.25, 0.3) is 0 Å². The first-order valence-corrected chi connectivity index (χ1v) is 6.04. The van der Waals surface area contributed by atoms with Crippen LogP contribution in [0.1, 0.15) is 16.7 Å². The molecule has 0 spiro atoms. The van der Waals surface area contributed by atoms with Crippen LogP contribution in [0.3, 0.4) is 0 Å². The van der Waals surface area contributed by atoms with E-state index in [-0.39, 0.29) is 11.4 Å². The molecule has 3 N–H and O–H groups in total. The molecule has 0 bridgehead atoms. The van der Waals surface area contributed by atoms with Crippen LogP contribution in [0.2, 0.25) is 0 Å². The normalized spacial score (nSPS) is 11.4. The third-order valence-corrected chi connectivity index (χ3v) is 2.88. The lowest BCUT2D eigenvalue weighted by molar-refractivity contribution is 0.318. The van der Waals surface area contributed by atoms with Gasteiger partial charge in [0.1, 0.15) is 17.3 Å². The number of oxime groups is 1. The summed E-state index contributed by atoms with van der Waals surface area (Å²) in [5.41, 5.74) is 7.80. The molecule has 0 unspecified atom stereocenters. The first-order valence-electron chi connectivity index (χ1n) is 6.04. The molecule has 0 radical (unpaired) electrons. The smallest absolute Gasteiger partial charge is 0.173 e. The second kappa shape index (κ2) is 5.61. The molecule has 0 aliphatic rings. The van der Waals surface area contributed by atoms with Crippen molar-refractivity contribution in [1.82, 2.24) is 0 Å². The summed E-state index contributed by atoms with van der Waals surface area (Å²) in [6, 6.07) is 9.57. The summed E-state index contributed by atoms with van der Waals surface area (Å²) in [6.45, 7) is 3.89. The summed E-state index contributed by atoms with van der Waals surface area (Å²) < 4.78 is 19.0. The maximum atomic E-state index is 13.3. The van der Waals surface area contributed by atoms with Gasteiger partial charge >= 0.3 is 0 Å². The fraction of sp³-hybridized carbons (Fsp3) is 0.133. The van der Waals surface area contributed by atoms with Gasteiger partial charge in [0.05, 0.1) is 5.56 Å². The predicted molar refractivity (Wildman–Crippen MR) is 74.9 cm³/mol. The van der Waals surface area contributed by atoms with Crippen molar-refractivity contribution in [3.8, 4) is 11.5 Å². The lowest BCUT2D eigenvalue weighted by Crippen LogP contribution is -2.14. The number of halogens is 1. The zero-order valence-electron chi connectivity index (χ0n) is 11.2. The SMILES string of the molecule is Cc1ccc(Oc2ccc(F)cc2C(N)=NO)c(C)c1. The lowest BCUT2D eigenvalue weighted by Gasteiger charge is -2.12. The summed E-state index contributed by atoms with van der Waals surface area (Å²) in [5, 5.41) is 11.6. The Morgan fingerprint density at radius 2 is 1.85 bits per heavy atom. The van der Waals surface area contributed by atoms with Crippen LogP contribution in [-0.2, 0) is 0 Å². The minimum atomic E-state index is -0.487. The Morgan fingerprint density at radius 3 is 2.50 bits per heavy atom. The minimum Gasteiger partial charge on any atom is -0.456 e. The van der Waals surface area contributed by atoms with Crippen molar-refractivity contribution in [2.45, 2.75) is 13.8 Å². The summed E-state index contributed by atoms with van der Waals surface area (Å²) >= 11 is 0. The number of hydrogen-bond acceptors (Lipinski definition) is 3. The van der Waals surface area contributed by atoms with Gasteiger partial charge in [-0.15, -0.1) is 0 Å². The molecule has 0 saturated carbocycles. The Bertz CT molecular complexity index is 669. The van der Waals surface area contributed by atoms with Crippen molar-refractivity contribution in [2.75, 3.05) is 0 Å². The van der Waals surface area contributed by atoms with Gasteiger partial charge in [-0.1, -0.05) is 22.9 Å². The Hall–Kier alpha value is -2.56. The number of nitrogens with zero attached hydrogens (tertiary/aromatic N) is 1. The molecule has 2 aromatic carbocycles. The highest BCUT2D eigenvalue weighted by Crippen LogP contribution is 2.29. The monoisotopic (exact) mass is 274 g/mol. The van der Waals surface area contributed by atoms with E-state index in [0.717, 1.165) is 17.2 Å². The van der Waals surface area contributed by atoms with E-state index in [2.05, 4.69) is 5.16 Å². The standard InChI is InChI=1S/C15H15FN2O2/c1-9-3-5-13(10(2)7-9)20-14-6-4-11(16)8-12(14)15(17)18-19/h3-8,19H,1-2H3,(H2,17,18). The molecular weight excluding hydrogens is 259 g/mol. The topological polar surface area (TPSA) is 67.8 Å². The molecule has 4 nitrogen and oxygen atoms in total.